The highest BCUT2D eigenvalue weighted by Gasteiger charge is 2.15. The van der Waals surface area contributed by atoms with Gasteiger partial charge in [0.05, 0.1) is 22.9 Å². The zero-order valence-electron chi connectivity index (χ0n) is 12.2. The molecule has 0 bridgehead atoms. The lowest BCUT2D eigenvalue weighted by atomic mass is 10.1. The molecule has 1 amide bonds. The van der Waals surface area contributed by atoms with Crippen molar-refractivity contribution in [2.75, 3.05) is 0 Å². The Hall–Kier alpha value is -2.97. The highest BCUT2D eigenvalue weighted by atomic mass is 32.1. The number of amides is 1. The van der Waals surface area contributed by atoms with Crippen LogP contribution in [0.25, 0.3) is 11.3 Å². The van der Waals surface area contributed by atoms with Crippen molar-refractivity contribution >= 4 is 17.4 Å². The van der Waals surface area contributed by atoms with Crippen molar-refractivity contribution in [2.24, 2.45) is 0 Å². The van der Waals surface area contributed by atoms with E-state index in [1.54, 1.807) is 17.5 Å². The summed E-state index contributed by atoms with van der Waals surface area (Å²) in [6.45, 7) is 0.411. The highest BCUT2D eigenvalue weighted by Crippen LogP contribution is 2.23. The standard InChI is InChI=1S/C18H13N3OS/c19-10-13-6-8-14(9-7-13)11-20-18(22)16-12-23-21-17(16)15-4-2-1-3-5-15/h1-9,12H,11H2,(H,20,22). The van der Waals surface area contributed by atoms with E-state index < -0.39 is 0 Å². The second-order valence-electron chi connectivity index (χ2n) is 4.93. The fourth-order valence-electron chi connectivity index (χ4n) is 2.18. The summed E-state index contributed by atoms with van der Waals surface area (Å²) < 4.78 is 4.33. The molecule has 0 atom stereocenters. The lowest BCUT2D eigenvalue weighted by Crippen LogP contribution is -2.22. The van der Waals surface area contributed by atoms with Gasteiger partial charge in [0.1, 0.15) is 0 Å². The van der Waals surface area contributed by atoms with E-state index in [-0.39, 0.29) is 5.91 Å². The summed E-state index contributed by atoms with van der Waals surface area (Å²) in [5.74, 6) is -0.151. The Morgan fingerprint density at radius 3 is 2.57 bits per heavy atom. The monoisotopic (exact) mass is 319 g/mol. The first-order valence-electron chi connectivity index (χ1n) is 7.05. The van der Waals surface area contributed by atoms with Crippen LogP contribution in [-0.2, 0) is 6.54 Å². The van der Waals surface area contributed by atoms with Crippen molar-refractivity contribution in [1.82, 2.24) is 9.69 Å². The van der Waals surface area contributed by atoms with Crippen LogP contribution in [0.3, 0.4) is 0 Å². The normalized spacial score (nSPS) is 10.0. The Balaban J connectivity index is 1.72. The molecule has 3 aromatic rings. The van der Waals surface area contributed by atoms with E-state index in [9.17, 15) is 4.79 Å². The molecule has 0 spiro atoms. The number of aromatic nitrogens is 1. The van der Waals surface area contributed by atoms with Gasteiger partial charge in [-0.05, 0) is 29.2 Å². The summed E-state index contributed by atoms with van der Waals surface area (Å²) in [4.78, 5) is 12.4. The second-order valence-corrected chi connectivity index (χ2v) is 5.56. The Morgan fingerprint density at radius 1 is 1.13 bits per heavy atom. The summed E-state index contributed by atoms with van der Waals surface area (Å²) in [7, 11) is 0. The van der Waals surface area contributed by atoms with E-state index in [2.05, 4.69) is 15.8 Å². The lowest BCUT2D eigenvalue weighted by Gasteiger charge is -2.06. The molecule has 1 aromatic heterocycles. The molecule has 0 radical (unpaired) electrons. The molecule has 0 aliphatic carbocycles. The predicted molar refractivity (Wildman–Crippen MR) is 89.9 cm³/mol. The highest BCUT2D eigenvalue weighted by molar-refractivity contribution is 7.04. The van der Waals surface area contributed by atoms with Gasteiger partial charge in [-0.1, -0.05) is 42.5 Å². The molecule has 23 heavy (non-hydrogen) atoms. The minimum Gasteiger partial charge on any atom is -0.348 e. The smallest absolute Gasteiger partial charge is 0.254 e. The molecule has 0 saturated carbocycles. The van der Waals surface area contributed by atoms with Crippen LogP contribution in [-0.4, -0.2) is 10.3 Å². The first-order chi connectivity index (χ1) is 11.3. The zero-order chi connectivity index (χ0) is 16.1. The molecule has 3 rings (SSSR count). The number of nitriles is 1. The number of hydrogen-bond donors (Lipinski definition) is 1. The Bertz CT molecular complexity index is 848. The van der Waals surface area contributed by atoms with Crippen molar-refractivity contribution in [1.29, 1.82) is 5.26 Å². The number of nitrogens with one attached hydrogen (secondary N) is 1. The third-order valence-corrected chi connectivity index (χ3v) is 4.03. The summed E-state index contributed by atoms with van der Waals surface area (Å²) in [6, 6.07) is 18.9. The third kappa shape index (κ3) is 3.44. The van der Waals surface area contributed by atoms with Crippen LogP contribution in [0.1, 0.15) is 21.5 Å². The van der Waals surface area contributed by atoms with Gasteiger partial charge >= 0.3 is 0 Å². The molecule has 0 aliphatic heterocycles. The van der Waals surface area contributed by atoms with Crippen LogP contribution < -0.4 is 5.32 Å². The fourth-order valence-corrected chi connectivity index (χ4v) is 2.86. The van der Waals surface area contributed by atoms with Crippen LogP contribution in [0, 0.1) is 11.3 Å². The van der Waals surface area contributed by atoms with Gasteiger partial charge in [0.25, 0.3) is 5.91 Å². The maximum atomic E-state index is 12.4. The second kappa shape index (κ2) is 6.86. The van der Waals surface area contributed by atoms with E-state index >= 15 is 0 Å². The van der Waals surface area contributed by atoms with Crippen molar-refractivity contribution in [3.05, 3.63) is 76.7 Å². The fraction of sp³-hybridized carbons (Fsp3) is 0.0556. The maximum absolute atomic E-state index is 12.4. The van der Waals surface area contributed by atoms with Crippen molar-refractivity contribution < 1.29 is 4.79 Å². The van der Waals surface area contributed by atoms with Gasteiger partial charge < -0.3 is 5.32 Å². The van der Waals surface area contributed by atoms with Crippen LogP contribution >= 0.6 is 11.5 Å². The molecule has 1 N–H and O–H groups in total. The van der Waals surface area contributed by atoms with Crippen molar-refractivity contribution in [3.63, 3.8) is 0 Å². The van der Waals surface area contributed by atoms with Gasteiger partial charge in [-0.25, -0.2) is 0 Å². The Labute approximate surface area is 138 Å². The van der Waals surface area contributed by atoms with E-state index in [1.165, 1.54) is 11.5 Å². The van der Waals surface area contributed by atoms with Gasteiger partial charge in [-0.15, -0.1) is 0 Å². The average Bonchev–Trinajstić information content (AvgIpc) is 3.11. The number of carbonyl (C=O) groups excluding carboxylic acids is 1. The van der Waals surface area contributed by atoms with Gasteiger partial charge in [-0.2, -0.15) is 9.64 Å². The van der Waals surface area contributed by atoms with Gasteiger partial charge in [0.15, 0.2) is 0 Å². The minimum absolute atomic E-state index is 0.151. The lowest BCUT2D eigenvalue weighted by molar-refractivity contribution is 0.0952. The summed E-state index contributed by atoms with van der Waals surface area (Å²) in [5.41, 5.74) is 3.76. The third-order valence-electron chi connectivity index (χ3n) is 3.40. The molecule has 2 aromatic carbocycles. The molecule has 0 saturated heterocycles. The maximum Gasteiger partial charge on any atom is 0.254 e. The molecule has 112 valence electrons. The van der Waals surface area contributed by atoms with Crippen LogP contribution in [0.4, 0.5) is 0 Å². The topological polar surface area (TPSA) is 65.8 Å². The van der Waals surface area contributed by atoms with Gasteiger partial charge in [-0.3, -0.25) is 4.79 Å². The Morgan fingerprint density at radius 2 is 1.87 bits per heavy atom. The van der Waals surface area contributed by atoms with Crippen LogP contribution in [0.2, 0.25) is 0 Å². The number of nitrogens with zero attached hydrogens (tertiary/aromatic N) is 2. The molecule has 4 nitrogen and oxygen atoms in total. The molecule has 5 heteroatoms. The number of hydrogen-bond acceptors (Lipinski definition) is 4. The van der Waals surface area contributed by atoms with Crippen LogP contribution in [0.15, 0.2) is 60.0 Å². The van der Waals surface area contributed by atoms with E-state index in [0.717, 1.165) is 11.1 Å². The summed E-state index contributed by atoms with van der Waals surface area (Å²) >= 11 is 1.27. The summed E-state index contributed by atoms with van der Waals surface area (Å²) in [6.07, 6.45) is 0. The molecular formula is C18H13N3OS. The van der Waals surface area contributed by atoms with Gasteiger partial charge in [0.2, 0.25) is 0 Å². The van der Waals surface area contributed by atoms with Crippen molar-refractivity contribution in [3.8, 4) is 17.3 Å². The zero-order valence-corrected chi connectivity index (χ0v) is 13.0. The first kappa shape index (κ1) is 14.9. The largest absolute Gasteiger partial charge is 0.348 e. The number of carbonyl (C=O) groups is 1. The molecule has 0 fully saturated rings. The SMILES string of the molecule is N#Cc1ccc(CNC(=O)c2csnc2-c2ccccc2)cc1. The Kier molecular flexibility index (Phi) is 4.46. The number of benzene rings is 2. The minimum atomic E-state index is -0.151. The number of rotatable bonds is 4. The molecular weight excluding hydrogens is 306 g/mol. The first-order valence-corrected chi connectivity index (χ1v) is 7.88. The van der Waals surface area contributed by atoms with Crippen LogP contribution in [0.5, 0.6) is 0 Å². The predicted octanol–water partition coefficient (Wildman–Crippen LogP) is 3.61. The molecule has 0 aliphatic rings. The molecule has 0 unspecified atom stereocenters. The molecule has 1 heterocycles. The summed E-state index contributed by atoms with van der Waals surface area (Å²) in [5, 5.41) is 13.4. The quantitative estimate of drug-likeness (QED) is 0.799. The average molecular weight is 319 g/mol. The van der Waals surface area contributed by atoms with Crippen molar-refractivity contribution in [2.45, 2.75) is 6.54 Å². The van der Waals surface area contributed by atoms with Gasteiger partial charge in [0, 0.05) is 17.5 Å². The van der Waals surface area contributed by atoms with E-state index in [1.807, 2.05) is 42.5 Å². The van der Waals surface area contributed by atoms with E-state index in [4.69, 9.17) is 5.26 Å². The van der Waals surface area contributed by atoms with E-state index in [0.29, 0.717) is 23.4 Å².